The molecule has 7 nitrogen and oxygen atoms in total. The van der Waals surface area contributed by atoms with Crippen molar-refractivity contribution < 1.29 is 17.9 Å². The molecule has 0 spiro atoms. The van der Waals surface area contributed by atoms with Gasteiger partial charge in [-0.3, -0.25) is 0 Å². The van der Waals surface area contributed by atoms with Crippen LogP contribution >= 0.6 is 11.6 Å². The Morgan fingerprint density at radius 2 is 1.64 bits per heavy atom. The van der Waals surface area contributed by atoms with Crippen molar-refractivity contribution in [2.24, 2.45) is 0 Å². The van der Waals surface area contributed by atoms with Gasteiger partial charge in [-0.25, -0.2) is 13.2 Å². The van der Waals surface area contributed by atoms with Gasteiger partial charge in [0.15, 0.2) is 0 Å². The first-order valence-corrected chi connectivity index (χ1v) is 10.7. The van der Waals surface area contributed by atoms with Crippen molar-refractivity contribution in [1.29, 1.82) is 0 Å². The van der Waals surface area contributed by atoms with Crippen LogP contribution in [0.25, 0.3) is 0 Å². The summed E-state index contributed by atoms with van der Waals surface area (Å²) in [5, 5.41) is 3.42. The second kappa shape index (κ2) is 9.27. The summed E-state index contributed by atoms with van der Waals surface area (Å²) in [5.41, 5.74) is 0. The van der Waals surface area contributed by atoms with E-state index in [1.54, 1.807) is 59.5 Å². The van der Waals surface area contributed by atoms with Crippen LogP contribution in [0.1, 0.15) is 0 Å². The molecule has 2 amide bonds. The quantitative estimate of drug-likeness (QED) is 0.724. The van der Waals surface area contributed by atoms with E-state index in [1.165, 1.54) is 4.31 Å². The molecule has 150 valence electrons. The molecule has 2 aromatic rings. The molecule has 0 radical (unpaired) electrons. The number of carbonyl (C=O) groups is 1. The molecule has 0 saturated carbocycles. The first-order valence-electron chi connectivity index (χ1n) is 8.93. The van der Waals surface area contributed by atoms with Gasteiger partial charge in [0.2, 0.25) is 10.0 Å². The lowest BCUT2D eigenvalue weighted by Gasteiger charge is -2.34. The Labute approximate surface area is 169 Å². The third-order valence-corrected chi connectivity index (χ3v) is 6.53. The number of rotatable bonds is 6. The fourth-order valence-electron chi connectivity index (χ4n) is 2.84. The minimum Gasteiger partial charge on any atom is -0.492 e. The molecule has 1 heterocycles. The first kappa shape index (κ1) is 20.4. The fourth-order valence-corrected chi connectivity index (χ4v) is 4.41. The van der Waals surface area contributed by atoms with Gasteiger partial charge >= 0.3 is 6.03 Å². The van der Waals surface area contributed by atoms with E-state index in [-0.39, 0.29) is 24.0 Å². The molecule has 0 aliphatic carbocycles. The zero-order valence-corrected chi connectivity index (χ0v) is 16.8. The van der Waals surface area contributed by atoms with Crippen LogP contribution in [0.15, 0.2) is 59.5 Å². The summed E-state index contributed by atoms with van der Waals surface area (Å²) in [6, 6.07) is 15.1. The molecule has 0 bridgehead atoms. The number of halogens is 1. The number of amides is 2. The number of nitrogens with one attached hydrogen (secondary N) is 1. The maximum atomic E-state index is 12.6. The van der Waals surface area contributed by atoms with Gasteiger partial charge in [-0.15, -0.1) is 0 Å². The highest BCUT2D eigenvalue weighted by Gasteiger charge is 2.29. The van der Waals surface area contributed by atoms with Crippen LogP contribution in [-0.4, -0.2) is 63.0 Å². The van der Waals surface area contributed by atoms with Crippen LogP contribution in [0.3, 0.4) is 0 Å². The van der Waals surface area contributed by atoms with Crippen molar-refractivity contribution in [2.75, 3.05) is 39.3 Å². The number of ether oxygens (including phenoxy) is 1. The molecule has 1 aliphatic heterocycles. The van der Waals surface area contributed by atoms with Crippen molar-refractivity contribution in [2.45, 2.75) is 4.90 Å². The zero-order valence-electron chi connectivity index (χ0n) is 15.3. The molecular formula is C19H22ClN3O4S. The number of carbonyl (C=O) groups excluding carboxylic acids is 1. The average molecular weight is 424 g/mol. The monoisotopic (exact) mass is 423 g/mol. The van der Waals surface area contributed by atoms with E-state index in [4.69, 9.17) is 16.3 Å². The molecule has 1 fully saturated rings. The normalized spacial score (nSPS) is 15.2. The maximum Gasteiger partial charge on any atom is 0.317 e. The average Bonchev–Trinajstić information content (AvgIpc) is 2.73. The maximum absolute atomic E-state index is 12.6. The predicted molar refractivity (Wildman–Crippen MR) is 107 cm³/mol. The van der Waals surface area contributed by atoms with Gasteiger partial charge in [0.25, 0.3) is 0 Å². The van der Waals surface area contributed by atoms with Crippen molar-refractivity contribution in [3.63, 3.8) is 0 Å². The molecule has 0 unspecified atom stereocenters. The number of sulfonamides is 1. The van der Waals surface area contributed by atoms with Crippen LogP contribution in [0.4, 0.5) is 4.79 Å². The minimum atomic E-state index is -3.52. The molecule has 2 aromatic carbocycles. The fraction of sp³-hybridized carbons (Fsp3) is 0.316. The van der Waals surface area contributed by atoms with Gasteiger partial charge < -0.3 is 15.0 Å². The zero-order chi connectivity index (χ0) is 20.0. The van der Waals surface area contributed by atoms with Crippen molar-refractivity contribution >= 4 is 27.7 Å². The smallest absolute Gasteiger partial charge is 0.317 e. The van der Waals surface area contributed by atoms with Gasteiger partial charge in [-0.05, 0) is 36.4 Å². The Morgan fingerprint density at radius 3 is 2.29 bits per heavy atom. The molecular weight excluding hydrogens is 402 g/mol. The summed E-state index contributed by atoms with van der Waals surface area (Å²) in [7, 11) is -3.52. The molecule has 1 N–H and O–H groups in total. The Bertz CT molecular complexity index is 883. The highest BCUT2D eigenvalue weighted by Crippen LogP contribution is 2.17. The summed E-state index contributed by atoms with van der Waals surface area (Å²) in [5.74, 6) is 0.679. The molecule has 0 aromatic heterocycles. The number of nitrogens with zero attached hydrogens (tertiary/aromatic N) is 2. The van der Waals surface area contributed by atoms with Crippen molar-refractivity contribution in [3.05, 3.63) is 59.6 Å². The molecule has 0 atom stereocenters. The summed E-state index contributed by atoms with van der Waals surface area (Å²) in [6.45, 7) is 1.91. The van der Waals surface area contributed by atoms with Gasteiger partial charge in [0.05, 0.1) is 11.4 Å². The summed E-state index contributed by atoms with van der Waals surface area (Å²) in [4.78, 5) is 14.1. The van der Waals surface area contributed by atoms with Crippen LogP contribution in [0, 0.1) is 0 Å². The Kier molecular flexibility index (Phi) is 6.77. The lowest BCUT2D eigenvalue weighted by atomic mass is 10.3. The number of hydrogen-bond donors (Lipinski definition) is 1. The molecule has 1 saturated heterocycles. The number of piperazine rings is 1. The van der Waals surface area contributed by atoms with Crippen molar-refractivity contribution in [1.82, 2.24) is 14.5 Å². The third-order valence-electron chi connectivity index (χ3n) is 4.37. The first-order chi connectivity index (χ1) is 13.5. The standard InChI is InChI=1S/C19H22ClN3O4S/c20-16-6-8-17(9-7-16)27-15-10-21-19(24)22-11-13-23(14-12-22)28(25,26)18-4-2-1-3-5-18/h1-9H,10-15H2,(H,21,24). The lowest BCUT2D eigenvalue weighted by molar-refractivity contribution is 0.170. The van der Waals surface area contributed by atoms with Gasteiger partial charge in [0.1, 0.15) is 12.4 Å². The largest absolute Gasteiger partial charge is 0.492 e. The number of benzene rings is 2. The van der Waals surface area contributed by atoms with Crippen LogP contribution in [-0.2, 0) is 10.0 Å². The Hall–Kier alpha value is -2.29. The molecule has 9 heteroatoms. The molecule has 3 rings (SSSR count). The van der Waals surface area contributed by atoms with Gasteiger partial charge in [-0.1, -0.05) is 29.8 Å². The lowest BCUT2D eigenvalue weighted by Crippen LogP contribution is -2.53. The molecule has 28 heavy (non-hydrogen) atoms. The van der Waals surface area contributed by atoms with Crippen molar-refractivity contribution in [3.8, 4) is 5.75 Å². The van der Waals surface area contributed by atoms with E-state index in [2.05, 4.69) is 5.32 Å². The predicted octanol–water partition coefficient (Wildman–Crippen LogP) is 2.43. The summed E-state index contributed by atoms with van der Waals surface area (Å²) >= 11 is 5.81. The molecule has 1 aliphatic rings. The van der Waals surface area contributed by atoms with E-state index in [9.17, 15) is 13.2 Å². The van der Waals surface area contributed by atoms with E-state index in [1.807, 2.05) is 0 Å². The Balaban J connectivity index is 1.42. The third kappa shape index (κ3) is 5.15. The van der Waals surface area contributed by atoms with Crippen LogP contribution in [0.2, 0.25) is 5.02 Å². The van der Waals surface area contributed by atoms with Gasteiger partial charge in [0, 0.05) is 31.2 Å². The van der Waals surface area contributed by atoms with Crippen LogP contribution in [0.5, 0.6) is 5.75 Å². The summed E-state index contributed by atoms with van der Waals surface area (Å²) in [6.07, 6.45) is 0. The second-order valence-corrected chi connectivity index (χ2v) is 8.61. The van der Waals surface area contributed by atoms with Crippen LogP contribution < -0.4 is 10.1 Å². The highest BCUT2D eigenvalue weighted by atomic mass is 35.5. The SMILES string of the molecule is O=C(NCCOc1ccc(Cl)cc1)N1CCN(S(=O)(=O)c2ccccc2)CC1. The van der Waals surface area contributed by atoms with E-state index in [0.717, 1.165) is 0 Å². The number of urea groups is 1. The highest BCUT2D eigenvalue weighted by molar-refractivity contribution is 7.89. The van der Waals surface area contributed by atoms with E-state index < -0.39 is 10.0 Å². The van der Waals surface area contributed by atoms with E-state index in [0.29, 0.717) is 37.0 Å². The van der Waals surface area contributed by atoms with E-state index >= 15 is 0 Å². The summed E-state index contributed by atoms with van der Waals surface area (Å²) < 4.78 is 32.2. The second-order valence-electron chi connectivity index (χ2n) is 6.24. The van der Waals surface area contributed by atoms with Gasteiger partial charge in [-0.2, -0.15) is 4.31 Å². The topological polar surface area (TPSA) is 79.0 Å². The Morgan fingerprint density at radius 1 is 1.00 bits per heavy atom. The minimum absolute atomic E-state index is 0.225. The number of hydrogen-bond acceptors (Lipinski definition) is 4.